The Labute approximate surface area is 160 Å². The van der Waals surface area contributed by atoms with Crippen molar-refractivity contribution in [2.24, 2.45) is 16.8 Å². The van der Waals surface area contributed by atoms with Gasteiger partial charge in [0.25, 0.3) is 0 Å². The molecule has 144 valence electrons. The van der Waals surface area contributed by atoms with Crippen LogP contribution in [0.2, 0.25) is 0 Å². The van der Waals surface area contributed by atoms with Crippen molar-refractivity contribution in [3.8, 4) is 0 Å². The van der Waals surface area contributed by atoms with Crippen LogP contribution in [0.3, 0.4) is 0 Å². The summed E-state index contributed by atoms with van der Waals surface area (Å²) in [5, 5.41) is 4.30. The third-order valence-electron chi connectivity index (χ3n) is 5.91. The number of hydrogen-bond acceptors (Lipinski definition) is 6. The van der Waals surface area contributed by atoms with Gasteiger partial charge in [-0.3, -0.25) is 0 Å². The average Bonchev–Trinajstić information content (AvgIpc) is 3.16. The maximum atomic E-state index is 6.05. The zero-order valence-electron chi connectivity index (χ0n) is 16.1. The van der Waals surface area contributed by atoms with E-state index in [9.17, 15) is 0 Å². The lowest BCUT2D eigenvalue weighted by molar-refractivity contribution is 0.0463. The summed E-state index contributed by atoms with van der Waals surface area (Å²) in [5.41, 5.74) is 18.6. The highest BCUT2D eigenvalue weighted by atomic mass is 16.6. The molecule has 6 heteroatoms. The minimum absolute atomic E-state index is 0.181. The zero-order valence-corrected chi connectivity index (χ0v) is 16.1. The number of pyridine rings is 1. The van der Waals surface area contributed by atoms with E-state index in [0.29, 0.717) is 5.92 Å². The largest absolute Gasteiger partial charge is 0.314 e. The van der Waals surface area contributed by atoms with E-state index in [1.54, 1.807) is 7.11 Å². The minimum atomic E-state index is -0.181. The Balaban J connectivity index is 1.62. The fourth-order valence-electron chi connectivity index (χ4n) is 4.32. The molecule has 0 saturated heterocycles. The van der Waals surface area contributed by atoms with Crippen LogP contribution in [0.15, 0.2) is 17.3 Å². The molecule has 2 aliphatic carbocycles. The van der Waals surface area contributed by atoms with Crippen molar-refractivity contribution < 1.29 is 4.84 Å². The van der Waals surface area contributed by atoms with Crippen molar-refractivity contribution in [1.29, 1.82) is 0 Å². The molecule has 0 fully saturated rings. The lowest BCUT2D eigenvalue weighted by Gasteiger charge is -2.29. The number of hydroxylamine groups is 1. The first kappa shape index (κ1) is 18.3. The maximum Gasteiger partial charge on any atom is 0.0816 e. The number of rotatable bonds is 6. The van der Waals surface area contributed by atoms with Crippen LogP contribution in [0.4, 0.5) is 0 Å². The number of fused-ring (bicyclic) bond motifs is 5. The highest BCUT2D eigenvalue weighted by Gasteiger charge is 2.33. The Morgan fingerprint density at radius 2 is 2.19 bits per heavy atom. The molecule has 4 N–H and O–H groups in total. The molecule has 0 saturated carbocycles. The molecule has 0 aromatic carbocycles. The molecular formula is C21H29N5O. The van der Waals surface area contributed by atoms with Gasteiger partial charge in [-0.25, -0.2) is 4.98 Å². The topological polar surface area (TPSA) is 84.6 Å². The van der Waals surface area contributed by atoms with Crippen molar-refractivity contribution >= 4 is 18.4 Å². The van der Waals surface area contributed by atoms with Gasteiger partial charge in [0.2, 0.25) is 0 Å². The molecule has 2 heterocycles. The third kappa shape index (κ3) is 3.57. The van der Waals surface area contributed by atoms with Gasteiger partial charge in [0, 0.05) is 12.1 Å². The van der Waals surface area contributed by atoms with Crippen molar-refractivity contribution in [2.45, 2.75) is 57.2 Å². The van der Waals surface area contributed by atoms with Crippen molar-refractivity contribution in [2.75, 3.05) is 7.11 Å². The Kier molecular flexibility index (Phi) is 5.38. The van der Waals surface area contributed by atoms with Gasteiger partial charge in [-0.2, -0.15) is 10.6 Å². The Bertz CT molecular complexity index is 785. The number of hydrazone groups is 1. The highest BCUT2D eigenvalue weighted by molar-refractivity contribution is 5.79. The summed E-state index contributed by atoms with van der Waals surface area (Å²) in [6.45, 7) is 2.12. The van der Waals surface area contributed by atoms with Gasteiger partial charge < -0.3 is 16.0 Å². The van der Waals surface area contributed by atoms with E-state index in [4.69, 9.17) is 15.6 Å². The summed E-state index contributed by atoms with van der Waals surface area (Å²) in [4.78, 5) is 9.96. The standard InChI is InChI=1S/C21H29N5O/c1-13(21(22)26-27-2)6-5-9-17-14-7-3-4-8-15(14)20-16-12-23-25-18(16)10-11-19(20)24-17/h5,9-13,16,18,21,25-26H,3-4,6-8,22H2,1-2H3/b9-5+. The fourth-order valence-corrected chi connectivity index (χ4v) is 4.32. The monoisotopic (exact) mass is 367 g/mol. The second-order valence-corrected chi connectivity index (χ2v) is 7.74. The number of nitrogens with one attached hydrogen (secondary N) is 2. The Morgan fingerprint density at radius 1 is 1.37 bits per heavy atom. The molecular weight excluding hydrogens is 338 g/mol. The number of allylic oxidation sites excluding steroid dienone is 1. The predicted octanol–water partition coefficient (Wildman–Crippen LogP) is 2.50. The second kappa shape index (κ2) is 7.92. The lowest BCUT2D eigenvalue weighted by Crippen LogP contribution is -2.41. The van der Waals surface area contributed by atoms with Crippen molar-refractivity contribution in [1.82, 2.24) is 15.9 Å². The zero-order chi connectivity index (χ0) is 18.8. The molecule has 1 aromatic heterocycles. The van der Waals surface area contributed by atoms with Crippen molar-refractivity contribution in [3.05, 3.63) is 40.2 Å². The van der Waals surface area contributed by atoms with Crippen molar-refractivity contribution in [3.63, 3.8) is 0 Å². The van der Waals surface area contributed by atoms with Crippen LogP contribution in [-0.2, 0) is 17.7 Å². The molecule has 3 aliphatic rings. The van der Waals surface area contributed by atoms with Gasteiger partial charge in [-0.15, -0.1) is 0 Å². The maximum absolute atomic E-state index is 6.05. The average molecular weight is 367 g/mol. The number of hydrogen-bond donors (Lipinski definition) is 3. The van der Waals surface area contributed by atoms with E-state index in [1.807, 2.05) is 6.21 Å². The van der Waals surface area contributed by atoms with Crippen LogP contribution < -0.4 is 16.6 Å². The molecule has 4 unspecified atom stereocenters. The van der Waals surface area contributed by atoms with E-state index < -0.39 is 0 Å². The molecule has 0 bridgehead atoms. The first-order chi connectivity index (χ1) is 13.2. The summed E-state index contributed by atoms with van der Waals surface area (Å²) in [7, 11) is 1.59. The molecule has 4 atom stereocenters. The van der Waals surface area contributed by atoms with Gasteiger partial charge in [0.05, 0.1) is 30.7 Å². The van der Waals surface area contributed by atoms with E-state index in [0.717, 1.165) is 30.7 Å². The number of nitrogens with zero attached hydrogens (tertiary/aromatic N) is 2. The lowest BCUT2D eigenvalue weighted by atomic mass is 9.78. The van der Waals surface area contributed by atoms with Crippen LogP contribution in [-0.4, -0.2) is 30.5 Å². The molecule has 27 heavy (non-hydrogen) atoms. The van der Waals surface area contributed by atoms with E-state index in [2.05, 4.69) is 47.2 Å². The number of aromatic nitrogens is 1. The number of nitrogens with two attached hydrogens (primary N) is 1. The van der Waals surface area contributed by atoms with Gasteiger partial charge in [0.15, 0.2) is 0 Å². The molecule has 6 nitrogen and oxygen atoms in total. The van der Waals surface area contributed by atoms with E-state index in [1.165, 1.54) is 29.5 Å². The Morgan fingerprint density at radius 3 is 3.00 bits per heavy atom. The smallest absolute Gasteiger partial charge is 0.0816 e. The van der Waals surface area contributed by atoms with Crippen LogP contribution in [0.25, 0.3) is 12.2 Å². The van der Waals surface area contributed by atoms with Gasteiger partial charge >= 0.3 is 0 Å². The van der Waals surface area contributed by atoms with Crippen LogP contribution in [0.1, 0.15) is 60.2 Å². The quantitative estimate of drug-likeness (QED) is 0.531. The summed E-state index contributed by atoms with van der Waals surface area (Å²) >= 11 is 0. The minimum Gasteiger partial charge on any atom is -0.314 e. The normalized spacial score (nSPS) is 25.0. The summed E-state index contributed by atoms with van der Waals surface area (Å²) in [6, 6.07) is 0.280. The third-order valence-corrected chi connectivity index (χ3v) is 5.91. The molecule has 1 aromatic rings. The predicted molar refractivity (Wildman–Crippen MR) is 109 cm³/mol. The summed E-state index contributed by atoms with van der Waals surface area (Å²) in [5.74, 6) is 0.594. The van der Waals surface area contributed by atoms with Crippen LogP contribution >= 0.6 is 0 Å². The first-order valence-corrected chi connectivity index (χ1v) is 9.92. The molecule has 0 radical (unpaired) electrons. The van der Waals surface area contributed by atoms with Gasteiger partial charge in [-0.1, -0.05) is 19.1 Å². The van der Waals surface area contributed by atoms with Gasteiger partial charge in [-0.05, 0) is 66.9 Å². The van der Waals surface area contributed by atoms with Gasteiger partial charge in [0.1, 0.15) is 0 Å². The SMILES string of the molecule is CONC(N)C(C)C/C=C/c1nc2c(c3c1CCCC3)C1C=NNC1C=C2. The highest BCUT2D eigenvalue weighted by Crippen LogP contribution is 2.38. The molecule has 0 amide bonds. The fraction of sp³-hybridized carbons (Fsp3) is 0.524. The first-order valence-electron chi connectivity index (χ1n) is 9.92. The summed E-state index contributed by atoms with van der Waals surface area (Å²) < 4.78 is 0. The van der Waals surface area contributed by atoms with E-state index in [-0.39, 0.29) is 18.1 Å². The molecule has 1 aliphatic heterocycles. The second-order valence-electron chi connectivity index (χ2n) is 7.74. The molecule has 0 spiro atoms. The summed E-state index contributed by atoms with van der Waals surface area (Å²) in [6.07, 6.45) is 16.2. The van der Waals surface area contributed by atoms with Crippen LogP contribution in [0, 0.1) is 5.92 Å². The Hall–Kier alpha value is -2.02. The van der Waals surface area contributed by atoms with E-state index >= 15 is 0 Å². The molecule has 4 rings (SSSR count). The van der Waals surface area contributed by atoms with Crippen LogP contribution in [0.5, 0.6) is 0 Å².